The summed E-state index contributed by atoms with van der Waals surface area (Å²) >= 11 is 4.19. The van der Waals surface area contributed by atoms with Crippen LogP contribution < -0.4 is 22.1 Å². The topological polar surface area (TPSA) is 67.3 Å². The van der Waals surface area contributed by atoms with Crippen LogP contribution in [0.5, 0.6) is 0 Å². The van der Waals surface area contributed by atoms with Crippen molar-refractivity contribution in [3.63, 3.8) is 0 Å². The van der Waals surface area contributed by atoms with Crippen molar-refractivity contribution >= 4 is 23.4 Å². The van der Waals surface area contributed by atoms with Crippen molar-refractivity contribution in [3.8, 4) is 0 Å². The summed E-state index contributed by atoms with van der Waals surface area (Å²) in [6, 6.07) is 9.80. The van der Waals surface area contributed by atoms with Gasteiger partial charge < -0.3 is 10.4 Å². The number of hydrogen-bond donors (Lipinski definition) is 3. The third-order valence-corrected chi connectivity index (χ3v) is 1.37. The number of benzene rings is 1. The Morgan fingerprint density at radius 3 is 2.08 bits per heavy atom. The van der Waals surface area contributed by atoms with E-state index in [9.17, 15) is 0 Å². The molecule has 0 aliphatic rings. The van der Waals surface area contributed by atoms with Gasteiger partial charge in [0.25, 0.3) is 0 Å². The smallest absolute Gasteiger partial charge is 0.0755 e. The summed E-state index contributed by atoms with van der Waals surface area (Å²) in [5, 5.41) is 1.58. The van der Waals surface area contributed by atoms with Gasteiger partial charge in [0.15, 0.2) is 0 Å². The van der Waals surface area contributed by atoms with Gasteiger partial charge in [0, 0.05) is 7.05 Å². The van der Waals surface area contributed by atoms with Gasteiger partial charge in [-0.3, -0.25) is 5.84 Å². The number of nitrogens with two attached hydrogens (primary N) is 2. The zero-order chi connectivity index (χ0) is 10.1. The van der Waals surface area contributed by atoms with Gasteiger partial charge in [-0.2, -0.15) is 0 Å². The predicted molar refractivity (Wildman–Crippen MR) is 60.0 cm³/mol. The lowest BCUT2D eigenvalue weighted by Gasteiger charge is -2.09. The maximum atomic E-state index is 5.45. The highest BCUT2D eigenvalue weighted by atomic mass is 32.1. The highest BCUT2D eigenvalue weighted by Crippen LogP contribution is 2.05. The molecule has 4 nitrogen and oxygen atoms in total. The summed E-state index contributed by atoms with van der Waals surface area (Å²) in [5.74, 6) is 10.1. The summed E-state index contributed by atoms with van der Waals surface area (Å²) in [7, 11) is 1.81. The second-order valence-electron chi connectivity index (χ2n) is 2.23. The molecule has 72 valence electrons. The van der Waals surface area contributed by atoms with Crippen LogP contribution in [-0.2, 0) is 0 Å². The van der Waals surface area contributed by atoms with E-state index in [0.717, 1.165) is 5.69 Å². The molecule has 5 heteroatoms. The highest BCUT2D eigenvalue weighted by molar-refractivity contribution is 7.78. The molecule has 0 aliphatic heterocycles. The van der Waals surface area contributed by atoms with E-state index in [1.165, 1.54) is 5.49 Å². The first-order chi connectivity index (χ1) is 6.22. The van der Waals surface area contributed by atoms with Crippen LogP contribution >= 0.6 is 12.2 Å². The molecule has 0 fully saturated rings. The van der Waals surface area contributed by atoms with Gasteiger partial charge in [0.1, 0.15) is 0 Å². The monoisotopic (exact) mass is 198 g/mol. The molecule has 13 heavy (non-hydrogen) atoms. The Hall–Kier alpha value is -1.17. The molecule has 0 saturated carbocycles. The van der Waals surface area contributed by atoms with Gasteiger partial charge in [-0.25, -0.2) is 5.84 Å². The van der Waals surface area contributed by atoms with Crippen LogP contribution in [0.1, 0.15) is 0 Å². The van der Waals surface area contributed by atoms with E-state index in [0.29, 0.717) is 0 Å². The quantitative estimate of drug-likeness (QED) is 0.365. The lowest BCUT2D eigenvalue weighted by molar-refractivity contribution is 1.02. The van der Waals surface area contributed by atoms with Crippen molar-refractivity contribution in [2.75, 3.05) is 12.1 Å². The van der Waals surface area contributed by atoms with E-state index in [1.807, 2.05) is 37.4 Å². The number of para-hydroxylation sites is 1. The van der Waals surface area contributed by atoms with Crippen LogP contribution in [0.25, 0.3) is 0 Å². The minimum atomic E-state index is 1.03. The summed E-state index contributed by atoms with van der Waals surface area (Å²) in [6.07, 6.45) is 0. The number of nitrogens with one attached hydrogen (secondary N) is 1. The third-order valence-electron chi connectivity index (χ3n) is 1.23. The number of hydrogen-bond acceptors (Lipinski definition) is 4. The van der Waals surface area contributed by atoms with Crippen molar-refractivity contribution in [2.24, 2.45) is 11.7 Å². The van der Waals surface area contributed by atoms with E-state index < -0.39 is 0 Å². The van der Waals surface area contributed by atoms with E-state index in [2.05, 4.69) is 23.5 Å². The molecule has 5 N–H and O–H groups in total. The Morgan fingerprint density at radius 1 is 1.38 bits per heavy atom. The molecule has 1 aromatic rings. The Labute approximate surface area is 83.5 Å². The average molecular weight is 198 g/mol. The molecule has 0 radical (unpaired) electrons. The summed E-state index contributed by atoms with van der Waals surface area (Å²) in [4.78, 5) is 0. The van der Waals surface area contributed by atoms with Crippen molar-refractivity contribution in [2.45, 2.75) is 0 Å². The first-order valence-electron chi connectivity index (χ1n) is 3.65. The highest BCUT2D eigenvalue weighted by Gasteiger charge is 1.88. The fourth-order valence-corrected chi connectivity index (χ4v) is 0.663. The Bertz CT molecular complexity index is 225. The van der Waals surface area contributed by atoms with E-state index in [4.69, 9.17) is 5.84 Å². The molecule has 0 atom stereocenters. The standard InChI is InChI=1S/C7H10N2.CH4N2S/c1-9(8)7-5-3-2-4-6-7;2-3-1-4/h2-6H,8H2,1H3;1H,2H2,(H,3,4). The fourth-order valence-electron chi connectivity index (χ4n) is 0.663. The van der Waals surface area contributed by atoms with Crippen LogP contribution in [-0.4, -0.2) is 12.5 Å². The molecule has 0 spiro atoms. The van der Waals surface area contributed by atoms with E-state index in [-0.39, 0.29) is 0 Å². The van der Waals surface area contributed by atoms with Crippen LogP contribution in [0.3, 0.4) is 0 Å². The maximum absolute atomic E-state index is 5.45. The van der Waals surface area contributed by atoms with Crippen LogP contribution in [0.15, 0.2) is 30.3 Å². The van der Waals surface area contributed by atoms with Gasteiger partial charge in [-0.1, -0.05) is 30.4 Å². The molecule has 1 aromatic carbocycles. The van der Waals surface area contributed by atoms with Gasteiger partial charge >= 0.3 is 0 Å². The second-order valence-corrected chi connectivity index (χ2v) is 2.47. The minimum Gasteiger partial charge on any atom is -0.321 e. The van der Waals surface area contributed by atoms with Crippen LogP contribution in [0, 0.1) is 0 Å². The van der Waals surface area contributed by atoms with Gasteiger partial charge in [0.2, 0.25) is 0 Å². The normalized spacial score (nSPS) is 7.92. The van der Waals surface area contributed by atoms with Crippen molar-refractivity contribution < 1.29 is 0 Å². The first kappa shape index (κ1) is 11.8. The Morgan fingerprint density at radius 2 is 1.85 bits per heavy atom. The van der Waals surface area contributed by atoms with Crippen LogP contribution in [0.2, 0.25) is 0 Å². The predicted octanol–water partition coefficient (Wildman–Crippen LogP) is 0.403. The summed E-state index contributed by atoms with van der Waals surface area (Å²) in [5.41, 5.74) is 4.38. The summed E-state index contributed by atoms with van der Waals surface area (Å²) < 4.78 is 0. The molecule has 0 unspecified atom stereocenters. The zero-order valence-corrected chi connectivity index (χ0v) is 8.29. The summed E-state index contributed by atoms with van der Waals surface area (Å²) in [6.45, 7) is 0. The SMILES string of the molecule is CN(N)c1ccccc1.NNC=S. The molecule has 1 rings (SSSR count). The molecular formula is C8H14N4S. The number of rotatable bonds is 2. The third kappa shape index (κ3) is 6.03. The largest absolute Gasteiger partial charge is 0.321 e. The zero-order valence-electron chi connectivity index (χ0n) is 7.47. The Balaban J connectivity index is 0.000000310. The molecular weight excluding hydrogens is 184 g/mol. The average Bonchev–Trinajstić information content (AvgIpc) is 2.19. The lowest BCUT2D eigenvalue weighted by Crippen LogP contribution is -2.24. The van der Waals surface area contributed by atoms with Crippen molar-refractivity contribution in [3.05, 3.63) is 30.3 Å². The second kappa shape index (κ2) is 7.48. The lowest BCUT2D eigenvalue weighted by atomic mass is 10.3. The van der Waals surface area contributed by atoms with E-state index >= 15 is 0 Å². The number of thiocarbonyl (C=S) groups is 1. The molecule has 0 aromatic heterocycles. The van der Waals surface area contributed by atoms with Gasteiger partial charge in [-0.15, -0.1) is 0 Å². The van der Waals surface area contributed by atoms with Crippen molar-refractivity contribution in [1.29, 1.82) is 0 Å². The molecule has 0 heterocycles. The molecule has 0 bridgehead atoms. The Kier molecular flexibility index (Phi) is 6.80. The van der Waals surface area contributed by atoms with Gasteiger partial charge in [0.05, 0.1) is 11.2 Å². The first-order valence-corrected chi connectivity index (χ1v) is 4.12. The van der Waals surface area contributed by atoms with Gasteiger partial charge in [-0.05, 0) is 12.1 Å². The van der Waals surface area contributed by atoms with E-state index in [1.54, 1.807) is 5.01 Å². The fraction of sp³-hybridized carbons (Fsp3) is 0.125. The maximum Gasteiger partial charge on any atom is 0.0755 e. The molecule has 0 saturated heterocycles. The van der Waals surface area contributed by atoms with Crippen molar-refractivity contribution in [1.82, 2.24) is 5.43 Å². The molecule has 0 aliphatic carbocycles. The number of hydrazine groups is 2. The minimum absolute atomic E-state index is 1.03. The molecule has 0 amide bonds. The van der Waals surface area contributed by atoms with Crippen LogP contribution in [0.4, 0.5) is 5.69 Å². The number of anilines is 1. The number of nitrogens with zero attached hydrogens (tertiary/aromatic N) is 1.